The molecule has 0 saturated heterocycles. The molecule has 0 atom stereocenters. The summed E-state index contributed by atoms with van der Waals surface area (Å²) in [6, 6.07) is 13.7. The van der Waals surface area contributed by atoms with Gasteiger partial charge in [0.05, 0.1) is 4.88 Å². The Kier molecular flexibility index (Phi) is 5.19. The van der Waals surface area contributed by atoms with E-state index in [0.29, 0.717) is 16.4 Å². The van der Waals surface area contributed by atoms with Crippen molar-refractivity contribution in [2.75, 3.05) is 5.32 Å². The van der Waals surface area contributed by atoms with Gasteiger partial charge in [-0.1, -0.05) is 47.7 Å². The molecule has 0 radical (unpaired) electrons. The third kappa shape index (κ3) is 4.02. The summed E-state index contributed by atoms with van der Waals surface area (Å²) < 4.78 is 2.32. The zero-order chi connectivity index (χ0) is 18.6. The van der Waals surface area contributed by atoms with Crippen molar-refractivity contribution in [3.05, 3.63) is 52.6 Å². The average molecular weight is 415 g/mol. The number of nitrogens with zero attached hydrogens (tertiary/aromatic N) is 4. The van der Waals surface area contributed by atoms with Gasteiger partial charge in [-0.25, -0.2) is 0 Å². The Labute approximate surface area is 167 Å². The van der Waals surface area contributed by atoms with Gasteiger partial charge in [-0.05, 0) is 23.7 Å². The van der Waals surface area contributed by atoms with Crippen molar-refractivity contribution in [2.24, 2.45) is 0 Å². The number of thiophene rings is 1. The molecule has 3 aromatic heterocycles. The van der Waals surface area contributed by atoms with Crippen molar-refractivity contribution >= 4 is 45.9 Å². The molecule has 27 heavy (non-hydrogen) atoms. The minimum atomic E-state index is -0.147. The molecule has 7 nitrogen and oxygen atoms in total. The molecule has 0 bridgehead atoms. The Balaban J connectivity index is 1.41. The molecule has 0 saturated carbocycles. The molecule has 1 amide bonds. The van der Waals surface area contributed by atoms with Gasteiger partial charge in [0.25, 0.3) is 0 Å². The molecule has 0 fully saturated rings. The van der Waals surface area contributed by atoms with Gasteiger partial charge >= 0.3 is 0 Å². The van der Waals surface area contributed by atoms with Crippen molar-refractivity contribution in [2.45, 2.75) is 13.0 Å². The Morgan fingerprint density at radius 3 is 2.81 bits per heavy atom. The lowest BCUT2D eigenvalue weighted by molar-refractivity contribution is -0.116. The van der Waals surface area contributed by atoms with E-state index in [1.165, 1.54) is 11.3 Å². The van der Waals surface area contributed by atoms with E-state index in [-0.39, 0.29) is 12.3 Å². The van der Waals surface area contributed by atoms with Crippen LogP contribution in [0.4, 0.5) is 5.13 Å². The van der Waals surface area contributed by atoms with Gasteiger partial charge in [0, 0.05) is 18.5 Å². The summed E-state index contributed by atoms with van der Waals surface area (Å²) >= 11 is 8.20. The lowest BCUT2D eigenvalue weighted by Gasteiger charge is -2.05. The van der Waals surface area contributed by atoms with Crippen LogP contribution in [0.3, 0.4) is 0 Å². The zero-order valence-electron chi connectivity index (χ0n) is 14.0. The molecule has 3 heterocycles. The van der Waals surface area contributed by atoms with Crippen molar-refractivity contribution in [3.63, 3.8) is 0 Å². The van der Waals surface area contributed by atoms with Crippen LogP contribution in [0.2, 0.25) is 0 Å². The summed E-state index contributed by atoms with van der Waals surface area (Å²) in [5.41, 5.74) is 0.973. The van der Waals surface area contributed by atoms with Crippen LogP contribution >= 0.6 is 34.9 Å². The number of benzene rings is 1. The summed E-state index contributed by atoms with van der Waals surface area (Å²) in [5.74, 6) is 0.594. The predicted octanol–water partition coefficient (Wildman–Crippen LogP) is 4.22. The average Bonchev–Trinajstić information content (AvgIpc) is 3.42. The highest BCUT2D eigenvalue weighted by atomic mass is 32.1. The van der Waals surface area contributed by atoms with Crippen LogP contribution in [-0.4, -0.2) is 30.9 Å². The van der Waals surface area contributed by atoms with E-state index in [0.717, 1.165) is 21.3 Å². The maximum Gasteiger partial charge on any atom is 0.227 e. The second kappa shape index (κ2) is 7.91. The summed E-state index contributed by atoms with van der Waals surface area (Å²) in [7, 11) is 0. The van der Waals surface area contributed by atoms with Gasteiger partial charge in [-0.15, -0.1) is 21.5 Å². The Hall–Kier alpha value is -2.69. The highest BCUT2D eigenvalue weighted by Crippen LogP contribution is 2.26. The number of anilines is 1. The molecule has 10 heteroatoms. The van der Waals surface area contributed by atoms with Crippen LogP contribution < -0.4 is 5.32 Å². The van der Waals surface area contributed by atoms with Gasteiger partial charge in [-0.3, -0.25) is 14.5 Å². The van der Waals surface area contributed by atoms with Crippen LogP contribution in [0.15, 0.2) is 47.8 Å². The molecule has 0 aliphatic carbocycles. The number of amides is 1. The highest BCUT2D eigenvalue weighted by molar-refractivity contribution is 7.71. The number of hydrogen-bond donors (Lipinski definition) is 2. The fraction of sp³-hybridized carbons (Fsp3) is 0.118. The Morgan fingerprint density at radius 1 is 1.19 bits per heavy atom. The molecule has 0 spiro atoms. The van der Waals surface area contributed by atoms with Crippen LogP contribution in [0, 0.1) is 4.77 Å². The van der Waals surface area contributed by atoms with Crippen molar-refractivity contribution in [1.29, 1.82) is 0 Å². The number of carbonyl (C=O) groups excluding carboxylic acids is 1. The van der Waals surface area contributed by atoms with E-state index in [2.05, 4.69) is 25.7 Å². The van der Waals surface area contributed by atoms with E-state index in [9.17, 15) is 4.79 Å². The van der Waals surface area contributed by atoms with E-state index >= 15 is 0 Å². The largest absolute Gasteiger partial charge is 0.300 e. The molecular formula is C17H14N6OS3. The lowest BCUT2D eigenvalue weighted by atomic mass is 10.2. The van der Waals surface area contributed by atoms with Crippen LogP contribution in [0.5, 0.6) is 0 Å². The van der Waals surface area contributed by atoms with Gasteiger partial charge in [0.2, 0.25) is 11.0 Å². The molecule has 136 valence electrons. The van der Waals surface area contributed by atoms with Gasteiger partial charge in [0.1, 0.15) is 5.01 Å². The van der Waals surface area contributed by atoms with Crippen molar-refractivity contribution in [1.82, 2.24) is 25.0 Å². The molecule has 4 rings (SSSR count). The number of aromatic amines is 1. The van der Waals surface area contributed by atoms with Gasteiger partial charge in [-0.2, -0.15) is 5.10 Å². The summed E-state index contributed by atoms with van der Waals surface area (Å²) in [6.07, 6.45) is 0.256. The van der Waals surface area contributed by atoms with E-state index in [1.54, 1.807) is 11.3 Å². The maximum atomic E-state index is 12.3. The highest BCUT2D eigenvalue weighted by Gasteiger charge is 2.13. The molecule has 0 aliphatic heterocycles. The van der Waals surface area contributed by atoms with E-state index in [4.69, 9.17) is 12.2 Å². The number of hydrogen-bond acceptors (Lipinski definition) is 7. The third-order valence-corrected chi connectivity index (χ3v) is 5.82. The van der Waals surface area contributed by atoms with Crippen LogP contribution in [0.25, 0.3) is 21.3 Å². The number of H-pyrrole nitrogens is 1. The van der Waals surface area contributed by atoms with Gasteiger partial charge < -0.3 is 5.32 Å². The fourth-order valence-corrected chi connectivity index (χ4v) is 4.20. The topological polar surface area (TPSA) is 88.5 Å². The molecule has 0 aliphatic rings. The Morgan fingerprint density at radius 2 is 2.04 bits per heavy atom. The number of carbonyl (C=O) groups is 1. The normalized spacial score (nSPS) is 10.8. The SMILES string of the molecule is O=C(CCn1c(-c2cccs2)n[nH]c1=S)Nc1nnc(-c2ccccc2)s1. The maximum absolute atomic E-state index is 12.3. The molecule has 1 aromatic carbocycles. The van der Waals surface area contributed by atoms with Crippen molar-refractivity contribution < 1.29 is 4.79 Å². The fourth-order valence-electron chi connectivity index (χ4n) is 2.49. The van der Waals surface area contributed by atoms with E-state index in [1.807, 2.05) is 52.4 Å². The number of nitrogens with one attached hydrogen (secondary N) is 2. The van der Waals surface area contributed by atoms with Crippen LogP contribution in [0.1, 0.15) is 6.42 Å². The lowest BCUT2D eigenvalue weighted by Crippen LogP contribution is -2.15. The summed E-state index contributed by atoms with van der Waals surface area (Å²) in [4.78, 5) is 13.3. The quantitative estimate of drug-likeness (QED) is 0.461. The summed E-state index contributed by atoms with van der Waals surface area (Å²) in [5, 5.41) is 21.2. The second-order valence-electron chi connectivity index (χ2n) is 5.56. The minimum Gasteiger partial charge on any atom is -0.300 e. The first kappa shape index (κ1) is 17.7. The molecule has 2 N–H and O–H groups in total. The first-order valence-electron chi connectivity index (χ1n) is 8.08. The van der Waals surface area contributed by atoms with Crippen LogP contribution in [-0.2, 0) is 11.3 Å². The second-order valence-corrected chi connectivity index (χ2v) is 7.87. The predicted molar refractivity (Wildman–Crippen MR) is 109 cm³/mol. The first-order chi connectivity index (χ1) is 13.2. The molecule has 4 aromatic rings. The summed E-state index contributed by atoms with van der Waals surface area (Å²) in [6.45, 7) is 0.429. The number of aromatic nitrogens is 5. The monoisotopic (exact) mass is 414 g/mol. The number of rotatable bonds is 6. The molecular weight excluding hydrogens is 400 g/mol. The smallest absolute Gasteiger partial charge is 0.227 e. The third-order valence-electron chi connectivity index (χ3n) is 3.75. The Bertz CT molecular complexity index is 1100. The van der Waals surface area contributed by atoms with E-state index < -0.39 is 0 Å². The minimum absolute atomic E-state index is 0.147. The molecule has 0 unspecified atom stereocenters. The van der Waals surface area contributed by atoms with Crippen molar-refractivity contribution in [3.8, 4) is 21.3 Å². The zero-order valence-corrected chi connectivity index (χ0v) is 16.4. The van der Waals surface area contributed by atoms with Gasteiger partial charge in [0.15, 0.2) is 10.6 Å². The standard InChI is InChI=1S/C17H14N6OS3/c24-13(18-16-21-20-15(27-16)11-5-2-1-3-6-11)8-9-23-14(19-22-17(23)25)12-7-4-10-26-12/h1-7,10H,8-9H2,(H,22,25)(H,18,21,24). The first-order valence-corrected chi connectivity index (χ1v) is 10.2.